The molecule has 0 atom stereocenters. The van der Waals surface area contributed by atoms with Crippen molar-refractivity contribution < 1.29 is 14.3 Å². The van der Waals surface area contributed by atoms with E-state index >= 15 is 0 Å². The van der Waals surface area contributed by atoms with Crippen LogP contribution in [0.15, 0.2) is 24.3 Å². The molecule has 1 aromatic carbocycles. The van der Waals surface area contributed by atoms with Gasteiger partial charge in [-0.1, -0.05) is 90.4 Å². The number of carbonyl (C=O) groups is 2. The molecule has 0 saturated carbocycles. The molecule has 1 aromatic rings. The predicted octanol–water partition coefficient (Wildman–Crippen LogP) is 6.93. The van der Waals surface area contributed by atoms with Crippen LogP contribution < -0.4 is 4.74 Å². The first-order chi connectivity index (χ1) is 13.3. The molecule has 0 heterocycles. The van der Waals surface area contributed by atoms with Crippen LogP contribution in [0.25, 0.3) is 0 Å². The van der Waals surface area contributed by atoms with E-state index < -0.39 is 5.78 Å². The highest BCUT2D eigenvalue weighted by atomic mass is 16.5. The monoisotopic (exact) mass is 374 g/mol. The number of Topliss-reactive ketones (excluding diaryl/α,β-unsaturated/α-hetero) is 1. The average molecular weight is 375 g/mol. The molecule has 0 aliphatic rings. The zero-order chi connectivity index (χ0) is 19.6. The second-order valence-electron chi connectivity index (χ2n) is 7.45. The molecule has 3 heteroatoms. The molecule has 0 aromatic heterocycles. The maximum atomic E-state index is 11.2. The third kappa shape index (κ3) is 12.4. The number of aldehydes is 1. The Morgan fingerprint density at radius 3 is 1.63 bits per heavy atom. The second-order valence-corrected chi connectivity index (χ2v) is 7.45. The molecule has 0 bridgehead atoms. The lowest BCUT2D eigenvalue weighted by Crippen LogP contribution is -2.01. The number of ketones is 1. The van der Waals surface area contributed by atoms with Gasteiger partial charge < -0.3 is 4.74 Å². The first-order valence-corrected chi connectivity index (χ1v) is 11.0. The van der Waals surface area contributed by atoms with E-state index in [0.717, 1.165) is 12.2 Å². The number of hydrogen-bond acceptors (Lipinski definition) is 3. The second kappa shape index (κ2) is 16.5. The average Bonchev–Trinajstić information content (AvgIpc) is 2.70. The molecule has 0 N–H and O–H groups in total. The maximum absolute atomic E-state index is 11.2. The number of carbonyl (C=O) groups excluding carboxylic acids is 2. The highest BCUT2D eigenvalue weighted by Crippen LogP contribution is 2.15. The third-order valence-corrected chi connectivity index (χ3v) is 5.01. The van der Waals surface area contributed by atoms with Crippen molar-refractivity contribution in [2.75, 3.05) is 6.61 Å². The third-order valence-electron chi connectivity index (χ3n) is 5.01. The number of benzene rings is 1. The first-order valence-electron chi connectivity index (χ1n) is 11.0. The SMILES string of the molecule is CCCCCCCCCCCCCCCCOc1ccc(C(=O)C=O)cc1. The summed E-state index contributed by atoms with van der Waals surface area (Å²) in [5.41, 5.74) is 0.411. The summed E-state index contributed by atoms with van der Waals surface area (Å²) in [6.07, 6.45) is 19.2. The van der Waals surface area contributed by atoms with Crippen molar-refractivity contribution in [1.82, 2.24) is 0 Å². The van der Waals surface area contributed by atoms with Gasteiger partial charge in [-0.05, 0) is 30.7 Å². The maximum Gasteiger partial charge on any atom is 0.225 e. The van der Waals surface area contributed by atoms with E-state index in [2.05, 4.69) is 6.92 Å². The van der Waals surface area contributed by atoms with Gasteiger partial charge in [0.25, 0.3) is 0 Å². The van der Waals surface area contributed by atoms with E-state index in [9.17, 15) is 9.59 Å². The fourth-order valence-corrected chi connectivity index (χ4v) is 3.27. The Morgan fingerprint density at radius 2 is 1.19 bits per heavy atom. The number of ether oxygens (including phenoxy) is 1. The van der Waals surface area contributed by atoms with Crippen LogP contribution >= 0.6 is 0 Å². The van der Waals surface area contributed by atoms with Crippen LogP contribution in [0.2, 0.25) is 0 Å². The highest BCUT2D eigenvalue weighted by molar-refractivity contribution is 6.33. The molecule has 27 heavy (non-hydrogen) atoms. The Bertz CT molecular complexity index is 493. The molecule has 3 nitrogen and oxygen atoms in total. The van der Waals surface area contributed by atoms with Crippen LogP contribution in [-0.4, -0.2) is 18.7 Å². The smallest absolute Gasteiger partial charge is 0.225 e. The first kappa shape index (κ1) is 23.4. The summed E-state index contributed by atoms with van der Waals surface area (Å²) in [4.78, 5) is 21.7. The molecule has 0 spiro atoms. The molecule has 0 radical (unpaired) electrons. The van der Waals surface area contributed by atoms with E-state index in [-0.39, 0.29) is 0 Å². The molecule has 152 valence electrons. The summed E-state index contributed by atoms with van der Waals surface area (Å²) in [6, 6.07) is 6.77. The van der Waals surface area contributed by atoms with E-state index in [1.165, 1.54) is 83.5 Å². The van der Waals surface area contributed by atoms with Crippen molar-refractivity contribution in [1.29, 1.82) is 0 Å². The fourth-order valence-electron chi connectivity index (χ4n) is 3.27. The van der Waals surface area contributed by atoms with Crippen molar-refractivity contribution in [2.45, 2.75) is 96.8 Å². The van der Waals surface area contributed by atoms with Crippen LogP contribution in [-0.2, 0) is 4.79 Å². The molecule has 0 saturated heterocycles. The van der Waals surface area contributed by atoms with Gasteiger partial charge in [-0.3, -0.25) is 9.59 Å². The van der Waals surface area contributed by atoms with Gasteiger partial charge in [0, 0.05) is 5.56 Å². The van der Waals surface area contributed by atoms with Crippen LogP contribution in [0.4, 0.5) is 0 Å². The van der Waals surface area contributed by atoms with Crippen LogP contribution in [0.1, 0.15) is 107 Å². The molecule has 1 rings (SSSR count). The lowest BCUT2D eigenvalue weighted by molar-refractivity contribution is -0.104. The normalized spacial score (nSPS) is 10.7. The number of unbranched alkanes of at least 4 members (excludes halogenated alkanes) is 13. The quantitative estimate of drug-likeness (QED) is 0.121. The molecule has 0 aliphatic heterocycles. The molecular weight excluding hydrogens is 336 g/mol. The van der Waals surface area contributed by atoms with Gasteiger partial charge in [0.2, 0.25) is 5.78 Å². The van der Waals surface area contributed by atoms with Gasteiger partial charge in [0.05, 0.1) is 6.61 Å². The Morgan fingerprint density at radius 1 is 0.741 bits per heavy atom. The van der Waals surface area contributed by atoms with Gasteiger partial charge in [0.15, 0.2) is 6.29 Å². The lowest BCUT2D eigenvalue weighted by atomic mass is 10.0. The van der Waals surface area contributed by atoms with Gasteiger partial charge in [0.1, 0.15) is 5.75 Å². The minimum atomic E-state index is -0.492. The van der Waals surface area contributed by atoms with Crippen LogP contribution in [0.5, 0.6) is 5.75 Å². The van der Waals surface area contributed by atoms with Gasteiger partial charge >= 0.3 is 0 Å². The summed E-state index contributed by atoms with van der Waals surface area (Å²) in [7, 11) is 0. The topological polar surface area (TPSA) is 43.4 Å². The summed E-state index contributed by atoms with van der Waals surface area (Å²) in [6.45, 7) is 2.98. The Balaban J connectivity index is 1.86. The molecule has 0 amide bonds. The van der Waals surface area contributed by atoms with E-state index in [1.54, 1.807) is 24.3 Å². The van der Waals surface area contributed by atoms with Crippen molar-refractivity contribution in [3.05, 3.63) is 29.8 Å². The minimum absolute atomic E-state index is 0.338. The zero-order valence-corrected chi connectivity index (χ0v) is 17.2. The number of hydrogen-bond donors (Lipinski definition) is 0. The van der Waals surface area contributed by atoms with Crippen molar-refractivity contribution in [3.63, 3.8) is 0 Å². The molecular formula is C24H38O3. The minimum Gasteiger partial charge on any atom is -0.494 e. The zero-order valence-electron chi connectivity index (χ0n) is 17.2. The summed E-state index contributed by atoms with van der Waals surface area (Å²) < 4.78 is 5.68. The van der Waals surface area contributed by atoms with E-state index in [4.69, 9.17) is 4.74 Å². The van der Waals surface area contributed by atoms with Crippen molar-refractivity contribution >= 4 is 12.1 Å². The predicted molar refractivity (Wildman–Crippen MR) is 113 cm³/mol. The fraction of sp³-hybridized carbons (Fsp3) is 0.667. The van der Waals surface area contributed by atoms with Crippen molar-refractivity contribution in [2.24, 2.45) is 0 Å². The lowest BCUT2D eigenvalue weighted by Gasteiger charge is -2.06. The van der Waals surface area contributed by atoms with Crippen LogP contribution in [0.3, 0.4) is 0 Å². The highest BCUT2D eigenvalue weighted by Gasteiger charge is 2.03. The Kier molecular flexibility index (Phi) is 14.3. The standard InChI is InChI=1S/C24H38O3/c1-2-3-4-5-6-7-8-9-10-11-12-13-14-15-20-27-23-18-16-22(17-19-23)24(26)21-25/h16-19,21H,2-15,20H2,1H3. The molecule has 0 unspecified atom stereocenters. The van der Waals surface area contributed by atoms with E-state index in [1.807, 2.05) is 0 Å². The van der Waals surface area contributed by atoms with E-state index in [0.29, 0.717) is 18.5 Å². The van der Waals surface area contributed by atoms with Crippen LogP contribution in [0, 0.1) is 0 Å². The Hall–Kier alpha value is -1.64. The Labute approximate surface area is 165 Å². The summed E-state index contributed by atoms with van der Waals surface area (Å²) in [5.74, 6) is 0.265. The van der Waals surface area contributed by atoms with Crippen molar-refractivity contribution in [3.8, 4) is 5.75 Å². The van der Waals surface area contributed by atoms with Gasteiger partial charge in [-0.25, -0.2) is 0 Å². The molecule has 0 fully saturated rings. The summed E-state index contributed by atoms with van der Waals surface area (Å²) >= 11 is 0. The number of rotatable bonds is 18. The largest absolute Gasteiger partial charge is 0.494 e. The van der Waals surface area contributed by atoms with Gasteiger partial charge in [-0.15, -0.1) is 0 Å². The van der Waals surface area contributed by atoms with Gasteiger partial charge in [-0.2, -0.15) is 0 Å². The summed E-state index contributed by atoms with van der Waals surface area (Å²) in [5, 5.41) is 0. The molecule has 0 aliphatic carbocycles.